The molecule has 0 aliphatic heterocycles. The fraction of sp³-hybridized carbons (Fsp3) is 0.381. The highest BCUT2D eigenvalue weighted by atomic mass is 16.5. The monoisotopic (exact) mass is 325 g/mol. The number of aryl methyl sites for hydroxylation is 1. The minimum absolute atomic E-state index is 0.00150. The lowest BCUT2D eigenvalue weighted by atomic mass is 9.97. The van der Waals surface area contributed by atoms with E-state index in [4.69, 9.17) is 4.74 Å². The molecule has 0 radical (unpaired) electrons. The number of benzene rings is 2. The normalized spacial score (nSPS) is 13.4. The smallest absolute Gasteiger partial charge is 0.261 e. The Labute approximate surface area is 145 Å². The molecular formula is C21H27NO2. The second-order valence-electron chi connectivity index (χ2n) is 6.63. The van der Waals surface area contributed by atoms with E-state index in [1.807, 2.05) is 49.4 Å². The number of carbonyl (C=O) groups is 1. The Morgan fingerprint density at radius 2 is 1.62 bits per heavy atom. The molecule has 128 valence electrons. The van der Waals surface area contributed by atoms with Gasteiger partial charge in [-0.1, -0.05) is 62.4 Å². The van der Waals surface area contributed by atoms with Crippen molar-refractivity contribution in [3.8, 4) is 5.75 Å². The van der Waals surface area contributed by atoms with Crippen molar-refractivity contribution >= 4 is 5.91 Å². The molecule has 24 heavy (non-hydrogen) atoms. The van der Waals surface area contributed by atoms with Gasteiger partial charge in [0.15, 0.2) is 6.10 Å². The van der Waals surface area contributed by atoms with Gasteiger partial charge < -0.3 is 10.1 Å². The van der Waals surface area contributed by atoms with Crippen molar-refractivity contribution in [1.29, 1.82) is 0 Å². The van der Waals surface area contributed by atoms with Crippen LogP contribution in [0.4, 0.5) is 0 Å². The summed E-state index contributed by atoms with van der Waals surface area (Å²) in [5, 5.41) is 3.14. The predicted molar refractivity (Wildman–Crippen MR) is 98.0 cm³/mol. The van der Waals surface area contributed by atoms with Crippen LogP contribution in [0.25, 0.3) is 0 Å². The lowest BCUT2D eigenvalue weighted by Crippen LogP contribution is -2.39. The summed E-state index contributed by atoms with van der Waals surface area (Å²) >= 11 is 0. The average Bonchev–Trinajstić information content (AvgIpc) is 2.56. The third-order valence-electron chi connectivity index (χ3n) is 3.99. The van der Waals surface area contributed by atoms with E-state index in [1.54, 1.807) is 6.92 Å². The molecule has 1 N–H and O–H groups in total. The number of nitrogens with one attached hydrogen (secondary N) is 1. The Kier molecular flexibility index (Phi) is 6.42. The highest BCUT2D eigenvalue weighted by Gasteiger charge is 2.21. The topological polar surface area (TPSA) is 38.3 Å². The Balaban J connectivity index is 2.05. The quantitative estimate of drug-likeness (QED) is 0.803. The van der Waals surface area contributed by atoms with E-state index in [9.17, 15) is 4.79 Å². The van der Waals surface area contributed by atoms with Crippen molar-refractivity contribution in [2.45, 2.75) is 46.3 Å². The first-order valence-corrected chi connectivity index (χ1v) is 8.55. The van der Waals surface area contributed by atoms with Gasteiger partial charge in [0.1, 0.15) is 5.75 Å². The lowest BCUT2D eigenvalue weighted by molar-refractivity contribution is -0.128. The first kappa shape index (κ1) is 18.1. The van der Waals surface area contributed by atoms with E-state index in [1.165, 1.54) is 0 Å². The van der Waals surface area contributed by atoms with E-state index >= 15 is 0 Å². The van der Waals surface area contributed by atoms with Gasteiger partial charge >= 0.3 is 0 Å². The van der Waals surface area contributed by atoms with E-state index in [-0.39, 0.29) is 11.9 Å². The predicted octanol–water partition coefficient (Wildman–Crippen LogP) is 4.67. The number of hydrogen-bond acceptors (Lipinski definition) is 2. The van der Waals surface area contributed by atoms with Crippen LogP contribution in [-0.4, -0.2) is 12.0 Å². The van der Waals surface area contributed by atoms with Crippen LogP contribution in [0, 0.1) is 12.8 Å². The molecule has 0 saturated carbocycles. The standard InChI is InChI=1S/C21H27NO2/c1-15(2)14-19(18-11-6-5-7-12-18)22-21(23)17(4)24-20-13-9-8-10-16(20)3/h5-13,15,17,19H,14H2,1-4H3,(H,22,23)/t17-,19+/m1/s1. The molecule has 2 atom stereocenters. The summed E-state index contributed by atoms with van der Waals surface area (Å²) in [7, 11) is 0. The minimum atomic E-state index is -0.538. The molecule has 0 unspecified atom stereocenters. The van der Waals surface area contributed by atoms with E-state index in [0.29, 0.717) is 5.92 Å². The molecule has 1 amide bonds. The molecule has 0 heterocycles. The number of para-hydroxylation sites is 1. The zero-order chi connectivity index (χ0) is 17.5. The molecule has 3 nitrogen and oxygen atoms in total. The molecule has 2 aromatic rings. The molecule has 2 aromatic carbocycles. The number of amides is 1. The summed E-state index contributed by atoms with van der Waals surface area (Å²) in [5.41, 5.74) is 2.15. The second kappa shape index (κ2) is 8.53. The number of carbonyl (C=O) groups excluding carboxylic acids is 1. The maximum Gasteiger partial charge on any atom is 0.261 e. The summed E-state index contributed by atoms with van der Waals surface area (Å²) in [6, 6.07) is 17.8. The summed E-state index contributed by atoms with van der Waals surface area (Å²) in [6.07, 6.45) is 0.358. The molecule has 0 aromatic heterocycles. The van der Waals surface area contributed by atoms with Crippen molar-refractivity contribution in [3.63, 3.8) is 0 Å². The van der Waals surface area contributed by atoms with Crippen LogP contribution in [0.2, 0.25) is 0 Å². The van der Waals surface area contributed by atoms with E-state index in [0.717, 1.165) is 23.3 Å². The van der Waals surface area contributed by atoms with Crippen molar-refractivity contribution in [2.75, 3.05) is 0 Å². The zero-order valence-corrected chi connectivity index (χ0v) is 15.0. The average molecular weight is 325 g/mol. The van der Waals surface area contributed by atoms with Gasteiger partial charge in [-0.05, 0) is 43.4 Å². The van der Waals surface area contributed by atoms with Gasteiger partial charge in [-0.3, -0.25) is 4.79 Å². The fourth-order valence-electron chi connectivity index (χ4n) is 2.66. The van der Waals surface area contributed by atoms with Crippen molar-refractivity contribution in [1.82, 2.24) is 5.32 Å². The van der Waals surface area contributed by atoms with Crippen LogP contribution in [0.1, 0.15) is 44.4 Å². The Morgan fingerprint density at radius 3 is 2.25 bits per heavy atom. The van der Waals surface area contributed by atoms with Crippen LogP contribution in [0.3, 0.4) is 0 Å². The number of ether oxygens (including phenoxy) is 1. The largest absolute Gasteiger partial charge is 0.481 e. The third-order valence-corrected chi connectivity index (χ3v) is 3.99. The maximum absolute atomic E-state index is 12.6. The highest BCUT2D eigenvalue weighted by Crippen LogP contribution is 2.22. The molecule has 3 heteroatoms. The van der Waals surface area contributed by atoms with Crippen LogP contribution in [-0.2, 0) is 4.79 Å². The second-order valence-corrected chi connectivity index (χ2v) is 6.63. The van der Waals surface area contributed by atoms with Gasteiger partial charge in [0.2, 0.25) is 0 Å². The molecule has 0 bridgehead atoms. The van der Waals surface area contributed by atoms with Gasteiger partial charge in [0.05, 0.1) is 6.04 Å². The van der Waals surface area contributed by atoms with Crippen LogP contribution in [0.15, 0.2) is 54.6 Å². The molecule has 0 spiro atoms. The van der Waals surface area contributed by atoms with E-state index in [2.05, 4.69) is 31.3 Å². The first-order valence-electron chi connectivity index (χ1n) is 8.55. The molecule has 0 aliphatic carbocycles. The van der Waals surface area contributed by atoms with Gasteiger partial charge in [0, 0.05) is 0 Å². The Bertz CT molecular complexity index is 652. The summed E-state index contributed by atoms with van der Waals surface area (Å²) in [6.45, 7) is 8.09. The Morgan fingerprint density at radius 1 is 1.00 bits per heavy atom. The van der Waals surface area contributed by atoms with Gasteiger partial charge in [-0.15, -0.1) is 0 Å². The van der Waals surface area contributed by atoms with Crippen LogP contribution >= 0.6 is 0 Å². The molecule has 0 fully saturated rings. The van der Waals surface area contributed by atoms with Crippen molar-refractivity contribution < 1.29 is 9.53 Å². The molecular weight excluding hydrogens is 298 g/mol. The van der Waals surface area contributed by atoms with Crippen molar-refractivity contribution in [2.24, 2.45) is 5.92 Å². The third kappa shape index (κ3) is 5.12. The maximum atomic E-state index is 12.6. The SMILES string of the molecule is Cc1ccccc1O[C@H](C)C(=O)N[C@@H](CC(C)C)c1ccccc1. The summed E-state index contributed by atoms with van der Waals surface area (Å²) in [4.78, 5) is 12.6. The fourth-order valence-corrected chi connectivity index (χ4v) is 2.66. The van der Waals surface area contributed by atoms with Crippen LogP contribution < -0.4 is 10.1 Å². The van der Waals surface area contributed by atoms with Crippen LogP contribution in [0.5, 0.6) is 5.75 Å². The molecule has 2 rings (SSSR count). The van der Waals surface area contributed by atoms with Crippen molar-refractivity contribution in [3.05, 3.63) is 65.7 Å². The molecule has 0 aliphatic rings. The summed E-state index contributed by atoms with van der Waals surface area (Å²) in [5.74, 6) is 1.15. The minimum Gasteiger partial charge on any atom is -0.481 e. The summed E-state index contributed by atoms with van der Waals surface area (Å²) < 4.78 is 5.84. The number of rotatable bonds is 7. The van der Waals surface area contributed by atoms with Gasteiger partial charge in [0.25, 0.3) is 5.91 Å². The van der Waals surface area contributed by atoms with Gasteiger partial charge in [-0.2, -0.15) is 0 Å². The van der Waals surface area contributed by atoms with Gasteiger partial charge in [-0.25, -0.2) is 0 Å². The first-order chi connectivity index (χ1) is 11.5. The lowest BCUT2D eigenvalue weighted by Gasteiger charge is -2.24. The Hall–Kier alpha value is -2.29. The highest BCUT2D eigenvalue weighted by molar-refractivity contribution is 5.81. The number of hydrogen-bond donors (Lipinski definition) is 1. The molecule has 0 saturated heterocycles. The zero-order valence-electron chi connectivity index (χ0n) is 15.0. The van der Waals surface area contributed by atoms with E-state index < -0.39 is 6.10 Å².